The highest BCUT2D eigenvalue weighted by Crippen LogP contribution is 2.52. The Kier molecular flexibility index (Phi) is 5.26. The molecular weight excluding hydrogens is 395 g/mol. The highest BCUT2D eigenvalue weighted by molar-refractivity contribution is 6.35. The van der Waals surface area contributed by atoms with Crippen LogP contribution in [-0.4, -0.2) is 11.0 Å². The third kappa shape index (κ3) is 3.47. The molecule has 2 aliphatic rings. The number of carbonyl (C=O) groups is 1. The minimum absolute atomic E-state index is 0.0288. The Morgan fingerprint density at radius 1 is 1.25 bits per heavy atom. The van der Waals surface area contributed by atoms with Gasteiger partial charge in [-0.15, -0.1) is 0 Å². The Morgan fingerprint density at radius 2 is 2.07 bits per heavy atom. The van der Waals surface area contributed by atoms with E-state index < -0.39 is 0 Å². The first-order valence-electron chi connectivity index (χ1n) is 9.52. The van der Waals surface area contributed by atoms with Gasteiger partial charge in [0.15, 0.2) is 0 Å². The number of phenols is 1. The Morgan fingerprint density at radius 3 is 2.86 bits per heavy atom. The molecule has 0 saturated carbocycles. The van der Waals surface area contributed by atoms with Gasteiger partial charge in [-0.3, -0.25) is 4.79 Å². The van der Waals surface area contributed by atoms with Crippen LogP contribution in [0.25, 0.3) is 0 Å². The van der Waals surface area contributed by atoms with Gasteiger partial charge >= 0.3 is 0 Å². The third-order valence-corrected chi connectivity index (χ3v) is 6.02. The summed E-state index contributed by atoms with van der Waals surface area (Å²) >= 11 is 12.4. The fourth-order valence-corrected chi connectivity index (χ4v) is 4.76. The number of amides is 1. The highest BCUT2D eigenvalue weighted by atomic mass is 35.5. The number of hydrogen-bond donors (Lipinski definition) is 3. The van der Waals surface area contributed by atoms with Gasteiger partial charge < -0.3 is 15.7 Å². The van der Waals surface area contributed by atoms with Crippen LogP contribution in [0.3, 0.4) is 0 Å². The zero-order chi connectivity index (χ0) is 19.8. The molecule has 0 aromatic heterocycles. The fraction of sp³-hybridized carbons (Fsp3) is 0.318. The number of carbonyl (C=O) groups excluding carboxylic acids is 1. The molecule has 3 unspecified atom stereocenters. The van der Waals surface area contributed by atoms with Gasteiger partial charge in [0.1, 0.15) is 5.75 Å². The molecule has 0 saturated heterocycles. The number of fused-ring (bicyclic) bond motifs is 3. The summed E-state index contributed by atoms with van der Waals surface area (Å²) in [6.07, 6.45) is 6.60. The van der Waals surface area contributed by atoms with Crippen molar-refractivity contribution >= 4 is 40.5 Å². The van der Waals surface area contributed by atoms with Gasteiger partial charge in [-0.2, -0.15) is 0 Å². The molecule has 0 bridgehead atoms. The molecule has 1 aliphatic carbocycles. The van der Waals surface area contributed by atoms with E-state index in [1.54, 1.807) is 12.1 Å². The quantitative estimate of drug-likeness (QED) is 0.515. The van der Waals surface area contributed by atoms with Crippen LogP contribution in [0.4, 0.5) is 11.4 Å². The van der Waals surface area contributed by atoms with Crippen molar-refractivity contribution in [2.24, 2.45) is 5.92 Å². The summed E-state index contributed by atoms with van der Waals surface area (Å²) in [5.74, 6) is 0.526. The lowest BCUT2D eigenvalue weighted by atomic mass is 9.76. The minimum Gasteiger partial charge on any atom is -0.506 e. The van der Waals surface area contributed by atoms with Gasteiger partial charge in [-0.25, -0.2) is 0 Å². The molecule has 4 rings (SSSR count). The normalized spacial score (nSPS) is 22.3. The fourth-order valence-electron chi connectivity index (χ4n) is 4.25. The average molecular weight is 417 g/mol. The van der Waals surface area contributed by atoms with Crippen LogP contribution in [0.15, 0.2) is 42.5 Å². The molecule has 2 aromatic rings. The van der Waals surface area contributed by atoms with Crippen LogP contribution < -0.4 is 10.6 Å². The maximum absolute atomic E-state index is 12.0. The number of benzene rings is 2. The molecule has 1 aliphatic heterocycles. The van der Waals surface area contributed by atoms with E-state index in [1.807, 2.05) is 25.1 Å². The van der Waals surface area contributed by atoms with Crippen LogP contribution in [0.2, 0.25) is 10.0 Å². The molecule has 6 heteroatoms. The molecule has 2 aromatic carbocycles. The molecule has 1 heterocycles. The van der Waals surface area contributed by atoms with E-state index in [4.69, 9.17) is 23.2 Å². The summed E-state index contributed by atoms with van der Waals surface area (Å²) < 4.78 is 0. The van der Waals surface area contributed by atoms with Crippen LogP contribution in [0.5, 0.6) is 5.75 Å². The maximum Gasteiger partial charge on any atom is 0.224 e. The second-order valence-corrected chi connectivity index (χ2v) is 8.24. The molecule has 0 spiro atoms. The standard InChI is InChI=1S/C22H22Cl2N2O2/c1-2-4-20(27)25-13-7-8-19-16(11-13)14-5-3-6-15(14)21(26-19)17-9-12(23)10-18(24)22(17)28/h3,5,7-11,14-15,21,26,28H,2,4,6H2,1H3,(H,25,27). The molecule has 1 amide bonds. The summed E-state index contributed by atoms with van der Waals surface area (Å²) in [7, 11) is 0. The predicted molar refractivity (Wildman–Crippen MR) is 114 cm³/mol. The minimum atomic E-state index is -0.107. The van der Waals surface area contributed by atoms with E-state index >= 15 is 0 Å². The number of hydrogen-bond acceptors (Lipinski definition) is 3. The van der Waals surface area contributed by atoms with Crippen molar-refractivity contribution in [1.29, 1.82) is 0 Å². The second-order valence-electron chi connectivity index (χ2n) is 7.40. The number of nitrogens with one attached hydrogen (secondary N) is 2. The summed E-state index contributed by atoms with van der Waals surface area (Å²) in [5.41, 5.74) is 3.66. The highest BCUT2D eigenvalue weighted by Gasteiger charge is 2.39. The van der Waals surface area contributed by atoms with Gasteiger partial charge in [-0.1, -0.05) is 42.3 Å². The van der Waals surface area contributed by atoms with Crippen molar-refractivity contribution in [2.45, 2.75) is 38.1 Å². The number of halogens is 2. The van der Waals surface area contributed by atoms with E-state index in [0.717, 1.165) is 29.8 Å². The first-order valence-corrected chi connectivity index (χ1v) is 10.3. The Hall–Kier alpha value is -2.17. The third-order valence-electron chi connectivity index (χ3n) is 5.52. The molecule has 0 fully saturated rings. The van der Waals surface area contributed by atoms with Gasteiger partial charge in [-0.05, 0) is 54.7 Å². The maximum atomic E-state index is 12.0. The number of allylic oxidation sites excluding steroid dienone is 2. The van der Waals surface area contributed by atoms with Crippen LogP contribution in [0, 0.1) is 5.92 Å². The lowest BCUT2D eigenvalue weighted by molar-refractivity contribution is -0.116. The SMILES string of the molecule is CCCC(=O)Nc1ccc2c(c1)C1C=CCC1C(c1cc(Cl)cc(Cl)c1O)N2. The largest absolute Gasteiger partial charge is 0.506 e. The average Bonchev–Trinajstić information content (AvgIpc) is 3.14. The van der Waals surface area contributed by atoms with Crippen molar-refractivity contribution in [2.75, 3.05) is 10.6 Å². The first kappa shape index (κ1) is 19.2. The van der Waals surface area contributed by atoms with Gasteiger partial charge in [0, 0.05) is 34.3 Å². The van der Waals surface area contributed by atoms with Crippen molar-refractivity contribution in [3.05, 3.63) is 63.7 Å². The van der Waals surface area contributed by atoms with E-state index in [9.17, 15) is 9.90 Å². The first-order chi connectivity index (χ1) is 13.5. The smallest absolute Gasteiger partial charge is 0.224 e. The van der Waals surface area contributed by atoms with Crippen molar-refractivity contribution in [1.82, 2.24) is 0 Å². The lowest BCUT2D eigenvalue weighted by Gasteiger charge is -2.38. The van der Waals surface area contributed by atoms with E-state index in [0.29, 0.717) is 17.0 Å². The molecule has 3 atom stereocenters. The summed E-state index contributed by atoms with van der Waals surface area (Å²) in [6, 6.07) is 9.15. The van der Waals surface area contributed by atoms with Crippen molar-refractivity contribution in [3.63, 3.8) is 0 Å². The van der Waals surface area contributed by atoms with Crippen molar-refractivity contribution in [3.8, 4) is 5.75 Å². The molecule has 0 radical (unpaired) electrons. The zero-order valence-corrected chi connectivity index (χ0v) is 17.0. The number of rotatable bonds is 4. The van der Waals surface area contributed by atoms with Crippen molar-refractivity contribution < 1.29 is 9.90 Å². The van der Waals surface area contributed by atoms with Crippen LogP contribution >= 0.6 is 23.2 Å². The molecular formula is C22H22Cl2N2O2. The Labute approximate surface area is 174 Å². The molecule has 146 valence electrons. The van der Waals surface area contributed by atoms with E-state index in [1.165, 1.54) is 0 Å². The number of phenolic OH excluding ortho intramolecular Hbond substituents is 1. The monoisotopic (exact) mass is 416 g/mol. The summed E-state index contributed by atoms with van der Waals surface area (Å²) in [6.45, 7) is 1.99. The Bertz CT molecular complexity index is 958. The van der Waals surface area contributed by atoms with E-state index in [2.05, 4.69) is 22.8 Å². The molecule has 28 heavy (non-hydrogen) atoms. The van der Waals surface area contributed by atoms with Gasteiger partial charge in [0.2, 0.25) is 5.91 Å². The Balaban J connectivity index is 1.70. The zero-order valence-electron chi connectivity index (χ0n) is 15.5. The number of anilines is 2. The topological polar surface area (TPSA) is 61.4 Å². The van der Waals surface area contributed by atoms with Crippen LogP contribution in [-0.2, 0) is 4.79 Å². The number of aromatic hydroxyl groups is 1. The van der Waals surface area contributed by atoms with Gasteiger partial charge in [0.25, 0.3) is 0 Å². The predicted octanol–water partition coefficient (Wildman–Crippen LogP) is 6.26. The summed E-state index contributed by atoms with van der Waals surface area (Å²) in [4.78, 5) is 12.0. The summed E-state index contributed by atoms with van der Waals surface area (Å²) in [5, 5.41) is 17.8. The van der Waals surface area contributed by atoms with E-state index in [-0.39, 0.29) is 34.6 Å². The molecule has 4 nitrogen and oxygen atoms in total. The van der Waals surface area contributed by atoms with Gasteiger partial charge in [0.05, 0.1) is 11.1 Å². The van der Waals surface area contributed by atoms with Crippen LogP contribution in [0.1, 0.15) is 49.3 Å². The second kappa shape index (κ2) is 7.69. The lowest BCUT2D eigenvalue weighted by Crippen LogP contribution is -2.29. The molecule has 3 N–H and O–H groups in total.